The lowest BCUT2D eigenvalue weighted by Gasteiger charge is -2.29. The second-order valence-electron chi connectivity index (χ2n) is 6.57. The van der Waals surface area contributed by atoms with Crippen LogP contribution in [0.3, 0.4) is 0 Å². The minimum Gasteiger partial charge on any atom is -0.367 e. The summed E-state index contributed by atoms with van der Waals surface area (Å²) < 4.78 is 24.9. The second kappa shape index (κ2) is 10.4. The summed E-state index contributed by atoms with van der Waals surface area (Å²) in [5, 5.41) is 3.29. The molecule has 0 bridgehead atoms. The zero-order valence-electron chi connectivity index (χ0n) is 17.2. The smallest absolute Gasteiger partial charge is 0.357 e. The van der Waals surface area contributed by atoms with Crippen molar-refractivity contribution in [1.82, 2.24) is 0 Å². The van der Waals surface area contributed by atoms with Crippen LogP contribution in [0.5, 0.6) is 0 Å². The maximum absolute atomic E-state index is 13.7. The summed E-state index contributed by atoms with van der Waals surface area (Å²) in [7, 11) is -3.56. The van der Waals surface area contributed by atoms with Crippen LogP contribution in [0.1, 0.15) is 41.1 Å². The first kappa shape index (κ1) is 22.0. The quantitative estimate of drug-likeness (QED) is 0.306. The maximum Gasteiger partial charge on any atom is 0.357 e. The molecule has 0 heterocycles. The summed E-state index contributed by atoms with van der Waals surface area (Å²) in [5.41, 5.74) is 2.40. The van der Waals surface area contributed by atoms with Crippen LogP contribution in [-0.2, 0) is 13.6 Å². The molecule has 0 aliphatic rings. The number of carbonyl (C=O) groups excluding carboxylic acids is 1. The fraction of sp³-hybridized carbons (Fsp3) is 0.208. The van der Waals surface area contributed by atoms with Crippen LogP contribution >= 0.6 is 7.60 Å². The Morgan fingerprint density at radius 1 is 0.833 bits per heavy atom. The van der Waals surface area contributed by atoms with Crippen molar-refractivity contribution in [1.29, 1.82) is 0 Å². The molecule has 0 spiro atoms. The van der Waals surface area contributed by atoms with Crippen molar-refractivity contribution in [2.75, 3.05) is 18.5 Å². The largest absolute Gasteiger partial charge is 0.367 e. The fourth-order valence-corrected chi connectivity index (χ4v) is 5.15. The molecule has 3 aromatic rings. The van der Waals surface area contributed by atoms with Crippen LogP contribution in [0.4, 0.5) is 5.69 Å². The monoisotopic (exact) mass is 423 g/mol. The third-order valence-electron chi connectivity index (χ3n) is 4.55. The lowest BCUT2D eigenvalue weighted by Crippen LogP contribution is -2.17. The van der Waals surface area contributed by atoms with Gasteiger partial charge in [-0.15, -0.1) is 0 Å². The van der Waals surface area contributed by atoms with Gasteiger partial charge in [-0.05, 0) is 31.5 Å². The number of nitrogens with one attached hydrogen (secondary N) is 1. The average molecular weight is 423 g/mol. The lowest BCUT2D eigenvalue weighted by atomic mass is 10.0. The van der Waals surface area contributed by atoms with E-state index in [0.717, 1.165) is 5.56 Å². The molecule has 5 nitrogen and oxygen atoms in total. The van der Waals surface area contributed by atoms with Gasteiger partial charge in [0, 0.05) is 16.8 Å². The van der Waals surface area contributed by atoms with Gasteiger partial charge >= 0.3 is 7.60 Å². The van der Waals surface area contributed by atoms with Gasteiger partial charge in [-0.2, -0.15) is 0 Å². The molecule has 0 radical (unpaired) electrons. The summed E-state index contributed by atoms with van der Waals surface area (Å²) in [6.07, 6.45) is 0. The van der Waals surface area contributed by atoms with E-state index in [4.69, 9.17) is 9.05 Å². The van der Waals surface area contributed by atoms with Crippen molar-refractivity contribution in [3.63, 3.8) is 0 Å². The van der Waals surface area contributed by atoms with E-state index in [1.807, 2.05) is 60.7 Å². The van der Waals surface area contributed by atoms with E-state index in [1.54, 1.807) is 38.1 Å². The van der Waals surface area contributed by atoms with Gasteiger partial charge in [0.1, 0.15) is 0 Å². The van der Waals surface area contributed by atoms with Crippen LogP contribution in [0.25, 0.3) is 0 Å². The van der Waals surface area contributed by atoms with Gasteiger partial charge < -0.3 is 14.4 Å². The Kier molecular flexibility index (Phi) is 7.58. The molecule has 30 heavy (non-hydrogen) atoms. The highest BCUT2D eigenvalue weighted by Gasteiger charge is 2.37. The van der Waals surface area contributed by atoms with Crippen molar-refractivity contribution in [2.45, 2.75) is 19.6 Å². The standard InChI is InChI=1S/C24H26NO4P/c1-3-28-30(27,29-4-2)24(20-15-9-6-10-16-20)25-22-18-12-11-17-21(22)23(26)19-13-7-5-8-14-19/h5-18,24-25H,3-4H2,1-2H3. The van der Waals surface area contributed by atoms with Crippen molar-refractivity contribution in [3.05, 3.63) is 102 Å². The number of ketones is 1. The summed E-state index contributed by atoms with van der Waals surface area (Å²) in [6.45, 7) is 4.04. The van der Waals surface area contributed by atoms with E-state index in [-0.39, 0.29) is 19.0 Å². The van der Waals surface area contributed by atoms with Crippen LogP contribution < -0.4 is 5.32 Å². The molecule has 1 atom stereocenters. The predicted molar refractivity (Wildman–Crippen MR) is 120 cm³/mol. The van der Waals surface area contributed by atoms with Crippen LogP contribution in [0, 0.1) is 0 Å². The predicted octanol–water partition coefficient (Wildman–Crippen LogP) is 6.29. The first-order chi connectivity index (χ1) is 14.6. The minimum absolute atomic E-state index is 0.117. The van der Waals surface area contributed by atoms with Crippen molar-refractivity contribution < 1.29 is 18.4 Å². The molecule has 1 N–H and O–H groups in total. The Bertz CT molecular complexity index is 998. The molecule has 3 aromatic carbocycles. The average Bonchev–Trinajstić information content (AvgIpc) is 2.78. The van der Waals surface area contributed by atoms with Gasteiger partial charge in [-0.1, -0.05) is 72.8 Å². The Hall–Kier alpha value is -2.72. The van der Waals surface area contributed by atoms with Crippen LogP contribution in [0.15, 0.2) is 84.9 Å². The maximum atomic E-state index is 13.7. The van der Waals surface area contributed by atoms with Gasteiger partial charge in [0.05, 0.1) is 13.2 Å². The zero-order valence-corrected chi connectivity index (χ0v) is 18.0. The number of hydrogen-bond acceptors (Lipinski definition) is 5. The van der Waals surface area contributed by atoms with Crippen molar-refractivity contribution in [2.24, 2.45) is 0 Å². The molecule has 0 amide bonds. The van der Waals surface area contributed by atoms with Gasteiger partial charge in [0.25, 0.3) is 0 Å². The molecule has 0 aromatic heterocycles. The first-order valence-corrected chi connectivity index (χ1v) is 11.6. The molecule has 0 saturated carbocycles. The third kappa shape index (κ3) is 5.06. The molecule has 0 aliphatic heterocycles. The van der Waals surface area contributed by atoms with Crippen LogP contribution in [-0.4, -0.2) is 19.0 Å². The van der Waals surface area contributed by atoms with Gasteiger partial charge in [0.2, 0.25) is 0 Å². The number of anilines is 1. The summed E-state index contributed by atoms with van der Waals surface area (Å²) in [4.78, 5) is 13.1. The number of carbonyl (C=O) groups is 1. The topological polar surface area (TPSA) is 64.6 Å². The molecule has 0 aliphatic carbocycles. The zero-order chi connectivity index (χ0) is 21.4. The highest BCUT2D eigenvalue weighted by Crippen LogP contribution is 2.60. The Balaban J connectivity index is 2.04. The summed E-state index contributed by atoms with van der Waals surface area (Å²) in [5.74, 6) is -0.878. The first-order valence-electron chi connectivity index (χ1n) is 9.98. The van der Waals surface area contributed by atoms with Gasteiger partial charge in [0.15, 0.2) is 11.6 Å². The van der Waals surface area contributed by atoms with Gasteiger partial charge in [-0.25, -0.2) is 0 Å². The van der Waals surface area contributed by atoms with E-state index < -0.39 is 13.4 Å². The van der Waals surface area contributed by atoms with E-state index in [1.165, 1.54) is 0 Å². The fourth-order valence-electron chi connectivity index (χ4n) is 3.23. The van der Waals surface area contributed by atoms with E-state index >= 15 is 0 Å². The molecule has 0 fully saturated rings. The van der Waals surface area contributed by atoms with E-state index in [9.17, 15) is 9.36 Å². The highest BCUT2D eigenvalue weighted by molar-refractivity contribution is 7.54. The number of para-hydroxylation sites is 1. The van der Waals surface area contributed by atoms with Crippen molar-refractivity contribution in [3.8, 4) is 0 Å². The Morgan fingerprint density at radius 3 is 1.97 bits per heavy atom. The molecule has 1 unspecified atom stereocenters. The number of rotatable bonds is 10. The Morgan fingerprint density at radius 2 is 1.37 bits per heavy atom. The number of benzene rings is 3. The molecule has 3 rings (SSSR count). The molecule has 156 valence electrons. The second-order valence-corrected chi connectivity index (χ2v) is 8.69. The lowest BCUT2D eigenvalue weighted by molar-refractivity contribution is 0.103. The molecule has 0 saturated heterocycles. The van der Waals surface area contributed by atoms with E-state index in [2.05, 4.69) is 5.32 Å². The third-order valence-corrected chi connectivity index (χ3v) is 6.85. The van der Waals surface area contributed by atoms with E-state index in [0.29, 0.717) is 16.8 Å². The van der Waals surface area contributed by atoms with Crippen LogP contribution in [0.2, 0.25) is 0 Å². The normalized spacial score (nSPS) is 12.3. The Labute approximate surface area is 177 Å². The molecule has 6 heteroatoms. The number of hydrogen-bond donors (Lipinski definition) is 1. The summed E-state index contributed by atoms with van der Waals surface area (Å²) in [6, 6.07) is 25.6. The minimum atomic E-state index is -3.56. The molecular weight excluding hydrogens is 397 g/mol. The molecular formula is C24H26NO4P. The van der Waals surface area contributed by atoms with Crippen molar-refractivity contribution >= 4 is 19.1 Å². The summed E-state index contributed by atoms with van der Waals surface area (Å²) >= 11 is 0. The van der Waals surface area contributed by atoms with Gasteiger partial charge in [-0.3, -0.25) is 9.36 Å². The SMILES string of the molecule is CCOP(=O)(OCC)C(Nc1ccccc1C(=O)c1ccccc1)c1ccccc1. The highest BCUT2D eigenvalue weighted by atomic mass is 31.2.